The predicted octanol–water partition coefficient (Wildman–Crippen LogP) is 1.71. The minimum absolute atomic E-state index is 0.252. The van der Waals surface area contributed by atoms with E-state index in [0.717, 1.165) is 11.8 Å². The Morgan fingerprint density at radius 3 is 2.81 bits per heavy atom. The average Bonchev–Trinajstić information content (AvgIpc) is 2.63. The fourth-order valence-corrected chi connectivity index (χ4v) is 1.29. The van der Waals surface area contributed by atoms with E-state index in [4.69, 9.17) is 0 Å². The zero-order valence-corrected chi connectivity index (χ0v) is 8.61. The van der Waals surface area contributed by atoms with Gasteiger partial charge in [0.2, 0.25) is 0 Å². The van der Waals surface area contributed by atoms with Gasteiger partial charge in [-0.25, -0.2) is 8.78 Å². The number of halogens is 2. The summed E-state index contributed by atoms with van der Waals surface area (Å²) in [6.07, 6.45) is 1.58. The van der Waals surface area contributed by atoms with Crippen molar-refractivity contribution in [3.05, 3.63) is 41.7 Å². The van der Waals surface area contributed by atoms with Gasteiger partial charge in [0, 0.05) is 13.1 Å². The first-order valence-electron chi connectivity index (χ1n) is 4.69. The van der Waals surface area contributed by atoms with Gasteiger partial charge in [0.05, 0.1) is 24.1 Å². The Morgan fingerprint density at radius 1 is 1.38 bits per heavy atom. The highest BCUT2D eigenvalue weighted by molar-refractivity contribution is 5.44. The SMILES string of the molecule is Cn1nncc1CNc1ccc(F)cc1F. The van der Waals surface area contributed by atoms with Crippen molar-refractivity contribution >= 4 is 5.69 Å². The average molecular weight is 224 g/mol. The molecule has 0 aliphatic carbocycles. The van der Waals surface area contributed by atoms with E-state index in [1.807, 2.05) is 0 Å². The Balaban J connectivity index is 2.08. The van der Waals surface area contributed by atoms with Gasteiger partial charge in [-0.1, -0.05) is 5.21 Å². The third-order valence-corrected chi connectivity index (χ3v) is 2.20. The molecular weight excluding hydrogens is 214 g/mol. The maximum Gasteiger partial charge on any atom is 0.149 e. The van der Waals surface area contributed by atoms with Gasteiger partial charge in [0.25, 0.3) is 0 Å². The summed E-state index contributed by atoms with van der Waals surface area (Å²) < 4.78 is 27.5. The van der Waals surface area contributed by atoms with Crippen molar-refractivity contribution < 1.29 is 8.78 Å². The van der Waals surface area contributed by atoms with Gasteiger partial charge < -0.3 is 5.32 Å². The standard InChI is InChI=1S/C10H10F2N4/c1-16-8(6-14-15-16)5-13-10-3-2-7(11)4-9(10)12/h2-4,6,13H,5H2,1H3. The monoisotopic (exact) mass is 224 g/mol. The van der Waals surface area contributed by atoms with E-state index >= 15 is 0 Å². The van der Waals surface area contributed by atoms with Gasteiger partial charge in [-0.05, 0) is 12.1 Å². The van der Waals surface area contributed by atoms with Crippen molar-refractivity contribution in [2.75, 3.05) is 5.32 Å². The second-order valence-electron chi connectivity index (χ2n) is 3.33. The normalized spacial score (nSPS) is 10.4. The van der Waals surface area contributed by atoms with Crippen LogP contribution in [0, 0.1) is 11.6 Å². The number of aryl methyl sites for hydroxylation is 1. The molecule has 6 heteroatoms. The lowest BCUT2D eigenvalue weighted by molar-refractivity contribution is 0.584. The van der Waals surface area contributed by atoms with Crippen LogP contribution in [0.25, 0.3) is 0 Å². The van der Waals surface area contributed by atoms with E-state index in [1.165, 1.54) is 12.1 Å². The lowest BCUT2D eigenvalue weighted by Gasteiger charge is -2.06. The molecule has 0 amide bonds. The molecule has 2 rings (SSSR count). The molecule has 0 unspecified atom stereocenters. The summed E-state index contributed by atoms with van der Waals surface area (Å²) in [6, 6.07) is 3.39. The summed E-state index contributed by atoms with van der Waals surface area (Å²) >= 11 is 0. The Labute approximate surface area is 90.9 Å². The van der Waals surface area contributed by atoms with E-state index in [9.17, 15) is 8.78 Å². The highest BCUT2D eigenvalue weighted by atomic mass is 19.1. The molecule has 1 N–H and O–H groups in total. The van der Waals surface area contributed by atoms with Crippen molar-refractivity contribution in [3.63, 3.8) is 0 Å². The number of aromatic nitrogens is 3. The first-order valence-corrected chi connectivity index (χ1v) is 4.69. The van der Waals surface area contributed by atoms with Crippen LogP contribution in [0.5, 0.6) is 0 Å². The Hall–Kier alpha value is -1.98. The van der Waals surface area contributed by atoms with E-state index in [1.54, 1.807) is 17.9 Å². The van der Waals surface area contributed by atoms with Crippen LogP contribution in [-0.2, 0) is 13.6 Å². The molecule has 1 aromatic carbocycles. The zero-order valence-electron chi connectivity index (χ0n) is 8.61. The predicted molar refractivity (Wildman–Crippen MR) is 54.7 cm³/mol. The van der Waals surface area contributed by atoms with Crippen molar-refractivity contribution in [1.29, 1.82) is 0 Å². The van der Waals surface area contributed by atoms with Crippen LogP contribution in [0.3, 0.4) is 0 Å². The molecule has 2 aromatic rings. The number of rotatable bonds is 3. The van der Waals surface area contributed by atoms with E-state index in [0.29, 0.717) is 6.54 Å². The molecule has 0 saturated heterocycles. The number of hydrogen-bond acceptors (Lipinski definition) is 3. The van der Waals surface area contributed by atoms with E-state index < -0.39 is 11.6 Å². The molecular formula is C10H10F2N4. The minimum Gasteiger partial charge on any atom is -0.377 e. The van der Waals surface area contributed by atoms with Gasteiger partial charge >= 0.3 is 0 Å². The third kappa shape index (κ3) is 2.16. The molecule has 84 valence electrons. The smallest absolute Gasteiger partial charge is 0.149 e. The summed E-state index contributed by atoms with van der Waals surface area (Å²) in [5.74, 6) is -1.21. The van der Waals surface area contributed by atoms with Crippen LogP contribution in [0.1, 0.15) is 5.69 Å². The lowest BCUT2D eigenvalue weighted by atomic mass is 10.3. The van der Waals surface area contributed by atoms with Crippen molar-refractivity contribution in [1.82, 2.24) is 15.0 Å². The highest BCUT2D eigenvalue weighted by Crippen LogP contribution is 2.15. The van der Waals surface area contributed by atoms with Crippen LogP contribution < -0.4 is 5.32 Å². The Bertz CT molecular complexity index is 495. The molecule has 0 spiro atoms. The summed E-state index contributed by atoms with van der Waals surface area (Å²) in [4.78, 5) is 0. The number of nitrogens with zero attached hydrogens (tertiary/aromatic N) is 3. The first-order chi connectivity index (χ1) is 7.66. The van der Waals surface area contributed by atoms with Crippen molar-refractivity contribution in [2.24, 2.45) is 7.05 Å². The van der Waals surface area contributed by atoms with Crippen LogP contribution in [0.15, 0.2) is 24.4 Å². The third-order valence-electron chi connectivity index (χ3n) is 2.20. The fourth-order valence-electron chi connectivity index (χ4n) is 1.29. The summed E-state index contributed by atoms with van der Waals surface area (Å²) in [5.41, 5.74) is 1.06. The number of hydrogen-bond donors (Lipinski definition) is 1. The molecule has 1 heterocycles. The van der Waals surface area contributed by atoms with Gasteiger partial charge in [0.15, 0.2) is 0 Å². The number of nitrogens with one attached hydrogen (secondary N) is 1. The molecule has 0 bridgehead atoms. The fraction of sp³-hybridized carbons (Fsp3) is 0.200. The van der Waals surface area contributed by atoms with Gasteiger partial charge in [0.1, 0.15) is 11.6 Å². The molecule has 0 saturated carbocycles. The van der Waals surface area contributed by atoms with Gasteiger partial charge in [-0.15, -0.1) is 5.10 Å². The maximum absolute atomic E-state index is 13.2. The van der Waals surface area contributed by atoms with Crippen molar-refractivity contribution in [3.8, 4) is 0 Å². The number of anilines is 1. The van der Waals surface area contributed by atoms with E-state index in [2.05, 4.69) is 15.6 Å². The van der Waals surface area contributed by atoms with Crippen LogP contribution in [0.2, 0.25) is 0 Å². The quantitative estimate of drug-likeness (QED) is 0.863. The molecule has 0 fully saturated rings. The zero-order chi connectivity index (χ0) is 11.5. The summed E-state index contributed by atoms with van der Waals surface area (Å²) in [6.45, 7) is 0.381. The van der Waals surface area contributed by atoms with E-state index in [-0.39, 0.29) is 5.69 Å². The topological polar surface area (TPSA) is 42.7 Å². The first kappa shape index (κ1) is 10.5. The van der Waals surface area contributed by atoms with Gasteiger partial charge in [-0.2, -0.15) is 0 Å². The molecule has 1 aromatic heterocycles. The summed E-state index contributed by atoms with van der Waals surface area (Å²) in [5, 5.41) is 10.3. The second kappa shape index (κ2) is 4.26. The Kier molecular flexibility index (Phi) is 2.80. The van der Waals surface area contributed by atoms with Crippen LogP contribution in [0.4, 0.5) is 14.5 Å². The van der Waals surface area contributed by atoms with Gasteiger partial charge in [-0.3, -0.25) is 4.68 Å². The van der Waals surface area contributed by atoms with Crippen molar-refractivity contribution in [2.45, 2.75) is 6.54 Å². The molecule has 16 heavy (non-hydrogen) atoms. The molecule has 0 aliphatic rings. The second-order valence-corrected chi connectivity index (χ2v) is 3.33. The minimum atomic E-state index is -0.616. The molecule has 0 radical (unpaired) electrons. The highest BCUT2D eigenvalue weighted by Gasteiger charge is 2.04. The maximum atomic E-state index is 13.2. The van der Waals surface area contributed by atoms with Crippen LogP contribution >= 0.6 is 0 Å². The molecule has 0 atom stereocenters. The molecule has 4 nitrogen and oxygen atoms in total. The largest absolute Gasteiger partial charge is 0.377 e. The summed E-state index contributed by atoms with van der Waals surface area (Å²) in [7, 11) is 1.74. The lowest BCUT2D eigenvalue weighted by Crippen LogP contribution is -2.06. The number of benzene rings is 1. The molecule has 0 aliphatic heterocycles. The van der Waals surface area contributed by atoms with Crippen LogP contribution in [-0.4, -0.2) is 15.0 Å². The Morgan fingerprint density at radius 2 is 2.19 bits per heavy atom.